The van der Waals surface area contributed by atoms with Gasteiger partial charge in [0, 0.05) is 24.8 Å². The van der Waals surface area contributed by atoms with Crippen LogP contribution in [0.3, 0.4) is 0 Å². The molecule has 0 atom stereocenters. The Morgan fingerprint density at radius 3 is 2.47 bits per heavy atom. The molecule has 7 nitrogen and oxygen atoms in total. The topological polar surface area (TPSA) is 88.5 Å². The van der Waals surface area contributed by atoms with E-state index in [-0.39, 0.29) is 11.7 Å². The van der Waals surface area contributed by atoms with Crippen molar-refractivity contribution in [1.29, 1.82) is 5.26 Å². The Morgan fingerprint density at radius 2 is 1.76 bits per heavy atom. The van der Waals surface area contributed by atoms with Gasteiger partial charge in [0.15, 0.2) is 11.0 Å². The normalized spacial score (nSPS) is 10.8. The third-order valence-electron chi connectivity index (χ3n) is 5.94. The van der Waals surface area contributed by atoms with Crippen molar-refractivity contribution in [3.63, 3.8) is 0 Å². The standard InChI is InChI=1S/C26H26N6OS/c1-17-10-8-9-13-21(17)25-29-30-26(31(25)4)34-16-23(33)28-24-22(14-27)18(2)19(3)32(24)15-20-11-6-5-7-12-20/h5-13H,15-16H2,1-4H3,(H,28,33). The maximum Gasteiger partial charge on any atom is 0.235 e. The fourth-order valence-corrected chi connectivity index (χ4v) is 4.60. The van der Waals surface area contributed by atoms with E-state index in [1.54, 1.807) is 0 Å². The Kier molecular flexibility index (Phi) is 6.85. The lowest BCUT2D eigenvalue weighted by Crippen LogP contribution is -2.19. The van der Waals surface area contributed by atoms with Crippen molar-refractivity contribution in [3.8, 4) is 17.5 Å². The number of aryl methyl sites for hydroxylation is 1. The van der Waals surface area contributed by atoms with Crippen LogP contribution in [0.15, 0.2) is 59.8 Å². The number of carbonyl (C=O) groups excluding carboxylic acids is 1. The molecule has 2 aromatic heterocycles. The number of hydrogen-bond acceptors (Lipinski definition) is 5. The minimum Gasteiger partial charge on any atom is -0.326 e. The Balaban J connectivity index is 1.51. The molecule has 2 heterocycles. The van der Waals surface area contributed by atoms with Crippen molar-refractivity contribution in [2.75, 3.05) is 11.1 Å². The van der Waals surface area contributed by atoms with Crippen LogP contribution in [0.5, 0.6) is 0 Å². The van der Waals surface area contributed by atoms with Crippen LogP contribution in [0.1, 0.15) is 27.9 Å². The number of thioether (sulfide) groups is 1. The number of hydrogen-bond donors (Lipinski definition) is 1. The van der Waals surface area contributed by atoms with Crippen molar-refractivity contribution < 1.29 is 4.79 Å². The van der Waals surface area contributed by atoms with Gasteiger partial charge >= 0.3 is 0 Å². The molecule has 172 valence electrons. The number of nitrogens with one attached hydrogen (secondary N) is 1. The largest absolute Gasteiger partial charge is 0.326 e. The minimum absolute atomic E-state index is 0.152. The third kappa shape index (κ3) is 4.61. The van der Waals surface area contributed by atoms with E-state index in [4.69, 9.17) is 0 Å². The zero-order valence-electron chi connectivity index (χ0n) is 19.7. The molecular formula is C26H26N6OS. The van der Waals surface area contributed by atoms with Crippen LogP contribution in [-0.2, 0) is 18.4 Å². The first-order chi connectivity index (χ1) is 16.4. The van der Waals surface area contributed by atoms with Crippen molar-refractivity contribution in [1.82, 2.24) is 19.3 Å². The molecule has 0 radical (unpaired) electrons. The predicted molar refractivity (Wildman–Crippen MR) is 135 cm³/mol. The Labute approximate surface area is 203 Å². The zero-order valence-corrected chi connectivity index (χ0v) is 20.5. The van der Waals surface area contributed by atoms with Crippen LogP contribution in [0.25, 0.3) is 11.4 Å². The van der Waals surface area contributed by atoms with Crippen molar-refractivity contribution in [2.45, 2.75) is 32.5 Å². The molecule has 0 fully saturated rings. The van der Waals surface area contributed by atoms with E-state index in [0.717, 1.165) is 33.8 Å². The van der Waals surface area contributed by atoms with Gasteiger partial charge in [0.05, 0.1) is 11.3 Å². The number of amides is 1. The number of benzene rings is 2. The Morgan fingerprint density at radius 1 is 1.06 bits per heavy atom. The average Bonchev–Trinajstić information content (AvgIpc) is 3.30. The summed E-state index contributed by atoms with van der Waals surface area (Å²) in [5.41, 5.74) is 5.54. The van der Waals surface area contributed by atoms with Crippen molar-refractivity contribution >= 4 is 23.5 Å². The molecule has 0 aliphatic heterocycles. The highest BCUT2D eigenvalue weighted by Crippen LogP contribution is 2.28. The Bertz CT molecular complexity index is 1380. The van der Waals surface area contributed by atoms with Gasteiger partial charge in [-0.05, 0) is 37.5 Å². The fraction of sp³-hybridized carbons (Fsp3) is 0.231. The second-order valence-electron chi connectivity index (χ2n) is 8.13. The highest BCUT2D eigenvalue weighted by Gasteiger charge is 2.21. The lowest BCUT2D eigenvalue weighted by Gasteiger charge is -2.13. The molecule has 0 unspecified atom stereocenters. The molecular weight excluding hydrogens is 444 g/mol. The summed E-state index contributed by atoms with van der Waals surface area (Å²) in [4.78, 5) is 12.9. The maximum absolute atomic E-state index is 12.9. The first kappa shape index (κ1) is 23.3. The molecule has 0 saturated carbocycles. The molecule has 1 N–H and O–H groups in total. The molecule has 1 amide bonds. The fourth-order valence-electron chi connectivity index (χ4n) is 3.89. The molecule has 0 spiro atoms. The van der Waals surface area contributed by atoms with Gasteiger partial charge < -0.3 is 14.5 Å². The molecule has 4 aromatic rings. The molecule has 0 aliphatic carbocycles. The van der Waals surface area contributed by atoms with E-state index in [1.165, 1.54) is 11.8 Å². The van der Waals surface area contributed by atoms with Crippen LogP contribution in [0.2, 0.25) is 0 Å². The van der Waals surface area contributed by atoms with Crippen LogP contribution in [0.4, 0.5) is 5.82 Å². The summed E-state index contributed by atoms with van der Waals surface area (Å²) in [5, 5.41) is 22.0. The van der Waals surface area contributed by atoms with Gasteiger partial charge in [0.2, 0.25) is 5.91 Å². The molecule has 4 rings (SSSR count). The molecule has 8 heteroatoms. The van der Waals surface area contributed by atoms with Crippen LogP contribution in [-0.4, -0.2) is 31.0 Å². The second kappa shape index (κ2) is 9.98. The zero-order chi connectivity index (χ0) is 24.2. The summed E-state index contributed by atoms with van der Waals surface area (Å²) >= 11 is 1.32. The smallest absolute Gasteiger partial charge is 0.235 e. The first-order valence-corrected chi connectivity index (χ1v) is 11.9. The van der Waals surface area contributed by atoms with Gasteiger partial charge in [-0.1, -0.05) is 66.4 Å². The van der Waals surface area contributed by atoms with Gasteiger partial charge in [0.1, 0.15) is 11.9 Å². The quantitative estimate of drug-likeness (QED) is 0.390. The van der Waals surface area contributed by atoms with Crippen LogP contribution >= 0.6 is 11.8 Å². The summed E-state index contributed by atoms with van der Waals surface area (Å²) in [6.45, 7) is 6.48. The van der Waals surface area contributed by atoms with Gasteiger partial charge in [-0.25, -0.2) is 0 Å². The number of nitriles is 1. The van der Waals surface area contributed by atoms with E-state index in [9.17, 15) is 10.1 Å². The average molecular weight is 471 g/mol. The lowest BCUT2D eigenvalue weighted by molar-refractivity contribution is -0.113. The minimum atomic E-state index is -0.200. The van der Waals surface area contributed by atoms with Gasteiger partial charge in [-0.15, -0.1) is 10.2 Å². The summed E-state index contributed by atoms with van der Waals surface area (Å²) in [6.07, 6.45) is 0. The maximum atomic E-state index is 12.9. The first-order valence-electron chi connectivity index (χ1n) is 10.9. The number of nitrogens with zero attached hydrogens (tertiary/aromatic N) is 5. The Hall–Kier alpha value is -3.83. The summed E-state index contributed by atoms with van der Waals surface area (Å²) in [5.74, 6) is 1.24. The second-order valence-corrected chi connectivity index (χ2v) is 9.08. The number of rotatable bonds is 7. The van der Waals surface area contributed by atoms with Crippen LogP contribution < -0.4 is 5.32 Å². The van der Waals surface area contributed by atoms with Crippen molar-refractivity contribution in [3.05, 3.63) is 82.5 Å². The molecule has 2 aromatic carbocycles. The molecule has 34 heavy (non-hydrogen) atoms. The van der Waals surface area contributed by atoms with E-state index in [0.29, 0.717) is 23.1 Å². The van der Waals surface area contributed by atoms with Crippen LogP contribution in [0, 0.1) is 32.1 Å². The van der Waals surface area contributed by atoms with E-state index < -0.39 is 0 Å². The van der Waals surface area contributed by atoms with E-state index in [2.05, 4.69) is 21.6 Å². The molecule has 0 saturated heterocycles. The summed E-state index contributed by atoms with van der Waals surface area (Å²) in [6, 6.07) is 20.2. The van der Waals surface area contributed by atoms with Gasteiger partial charge in [-0.2, -0.15) is 5.26 Å². The monoisotopic (exact) mass is 470 g/mol. The highest BCUT2D eigenvalue weighted by molar-refractivity contribution is 7.99. The van der Waals surface area contributed by atoms with E-state index >= 15 is 0 Å². The summed E-state index contributed by atoms with van der Waals surface area (Å²) in [7, 11) is 1.90. The van der Waals surface area contributed by atoms with Gasteiger partial charge in [0.25, 0.3) is 0 Å². The highest BCUT2D eigenvalue weighted by atomic mass is 32.2. The predicted octanol–water partition coefficient (Wildman–Crippen LogP) is 4.86. The SMILES string of the molecule is Cc1ccccc1-c1nnc(SCC(=O)Nc2c(C#N)c(C)c(C)n2Cc2ccccc2)n1C. The lowest BCUT2D eigenvalue weighted by atomic mass is 10.1. The number of aromatic nitrogens is 4. The third-order valence-corrected chi connectivity index (χ3v) is 6.96. The number of anilines is 1. The molecule has 0 bridgehead atoms. The van der Waals surface area contributed by atoms with Gasteiger partial charge in [-0.3, -0.25) is 4.79 Å². The molecule has 0 aliphatic rings. The van der Waals surface area contributed by atoms with E-state index in [1.807, 2.05) is 91.6 Å². The number of carbonyl (C=O) groups is 1. The van der Waals surface area contributed by atoms with Crippen molar-refractivity contribution in [2.24, 2.45) is 7.05 Å². The summed E-state index contributed by atoms with van der Waals surface area (Å²) < 4.78 is 3.89.